The first kappa shape index (κ1) is 12.5. The first-order valence-electron chi connectivity index (χ1n) is 7.43. The fraction of sp³-hybridized carbons (Fsp3) is 0.222. The minimum absolute atomic E-state index is 0.199. The maximum atomic E-state index is 13.0. The van der Waals surface area contributed by atoms with Gasteiger partial charge >= 0.3 is 0 Å². The van der Waals surface area contributed by atoms with Crippen LogP contribution in [-0.4, -0.2) is 4.98 Å². The molecule has 0 saturated carbocycles. The monoisotopic (exact) mass is 280 g/mol. The number of rotatable bonds is 2. The second kappa shape index (κ2) is 4.92. The predicted octanol–water partition coefficient (Wildman–Crippen LogP) is 4.80. The molecule has 0 aliphatic heterocycles. The van der Waals surface area contributed by atoms with E-state index in [4.69, 9.17) is 0 Å². The number of H-pyrrole nitrogens is 1. The molecule has 0 fully saturated rings. The van der Waals surface area contributed by atoms with E-state index >= 15 is 0 Å². The van der Waals surface area contributed by atoms with Crippen molar-refractivity contribution in [2.45, 2.75) is 25.3 Å². The Morgan fingerprint density at radius 1 is 1.05 bits per heavy atom. The minimum atomic E-state index is -0.199. The van der Waals surface area contributed by atoms with Gasteiger partial charge in [0.2, 0.25) is 0 Å². The van der Waals surface area contributed by atoms with Crippen LogP contribution in [0, 0.1) is 5.82 Å². The molecule has 0 spiro atoms. The van der Waals surface area contributed by atoms with Gasteiger partial charge in [-0.25, -0.2) is 4.39 Å². The molecule has 106 valence electrons. The molecule has 1 unspecified atom stereocenters. The molecule has 1 aromatic heterocycles. The van der Waals surface area contributed by atoms with Gasteiger partial charge in [-0.2, -0.15) is 0 Å². The summed E-state index contributed by atoms with van der Waals surface area (Å²) in [6, 6.07) is 15.3. The Bertz CT molecular complexity index is 774. The molecule has 21 heavy (non-hydrogen) atoms. The molecule has 0 amide bonds. The van der Waals surface area contributed by atoms with Crippen molar-refractivity contribution >= 4 is 16.6 Å². The molecule has 4 rings (SSSR count). The van der Waals surface area contributed by atoms with E-state index in [1.807, 2.05) is 0 Å². The minimum Gasteiger partial charge on any atom is -0.377 e. The highest BCUT2D eigenvalue weighted by molar-refractivity contribution is 5.85. The lowest BCUT2D eigenvalue weighted by Gasteiger charge is -2.24. The Morgan fingerprint density at radius 2 is 1.86 bits per heavy atom. The van der Waals surface area contributed by atoms with Gasteiger partial charge in [-0.05, 0) is 55.2 Å². The SMILES string of the molecule is Fc1ccc(NC2CCCc3c2[nH]c2ccccc32)cc1. The quantitative estimate of drug-likeness (QED) is 0.693. The average Bonchev–Trinajstić information content (AvgIpc) is 2.89. The summed E-state index contributed by atoms with van der Waals surface area (Å²) >= 11 is 0. The maximum Gasteiger partial charge on any atom is 0.123 e. The molecule has 1 aliphatic carbocycles. The van der Waals surface area contributed by atoms with Gasteiger partial charge in [-0.15, -0.1) is 0 Å². The zero-order valence-electron chi connectivity index (χ0n) is 11.7. The van der Waals surface area contributed by atoms with E-state index in [1.165, 1.54) is 40.7 Å². The summed E-state index contributed by atoms with van der Waals surface area (Å²) in [4.78, 5) is 3.56. The van der Waals surface area contributed by atoms with Crippen molar-refractivity contribution in [1.82, 2.24) is 4.98 Å². The van der Waals surface area contributed by atoms with Crippen molar-refractivity contribution in [2.24, 2.45) is 0 Å². The van der Waals surface area contributed by atoms with E-state index in [0.717, 1.165) is 18.5 Å². The number of hydrogen-bond acceptors (Lipinski definition) is 1. The third-order valence-electron chi connectivity index (χ3n) is 4.30. The molecule has 2 N–H and O–H groups in total. The summed E-state index contributed by atoms with van der Waals surface area (Å²) in [6.07, 6.45) is 3.39. The van der Waals surface area contributed by atoms with Crippen molar-refractivity contribution in [3.05, 3.63) is 65.6 Å². The lowest BCUT2D eigenvalue weighted by Crippen LogP contribution is -2.17. The number of anilines is 1. The van der Waals surface area contributed by atoms with Crippen molar-refractivity contribution in [1.29, 1.82) is 0 Å². The van der Waals surface area contributed by atoms with E-state index in [-0.39, 0.29) is 11.9 Å². The number of benzene rings is 2. The van der Waals surface area contributed by atoms with E-state index < -0.39 is 0 Å². The molecule has 3 aromatic rings. The zero-order chi connectivity index (χ0) is 14.2. The van der Waals surface area contributed by atoms with Crippen LogP contribution in [0.1, 0.15) is 30.1 Å². The fourth-order valence-electron chi connectivity index (χ4n) is 3.31. The van der Waals surface area contributed by atoms with Gasteiger partial charge in [-0.1, -0.05) is 18.2 Å². The largest absolute Gasteiger partial charge is 0.377 e. The van der Waals surface area contributed by atoms with Crippen LogP contribution in [0.2, 0.25) is 0 Å². The second-order valence-corrected chi connectivity index (χ2v) is 5.66. The smallest absolute Gasteiger partial charge is 0.123 e. The number of fused-ring (bicyclic) bond motifs is 3. The van der Waals surface area contributed by atoms with E-state index in [1.54, 1.807) is 12.1 Å². The summed E-state index contributed by atoms with van der Waals surface area (Å²) in [5.41, 5.74) is 4.88. The normalized spacial score (nSPS) is 17.7. The van der Waals surface area contributed by atoms with Crippen LogP contribution >= 0.6 is 0 Å². The molecule has 0 saturated heterocycles. The van der Waals surface area contributed by atoms with Crippen LogP contribution in [0.3, 0.4) is 0 Å². The van der Waals surface area contributed by atoms with Crippen LogP contribution in [0.4, 0.5) is 10.1 Å². The highest BCUT2D eigenvalue weighted by Gasteiger charge is 2.23. The molecule has 2 nitrogen and oxygen atoms in total. The summed E-state index contributed by atoms with van der Waals surface area (Å²) < 4.78 is 13.0. The van der Waals surface area contributed by atoms with Gasteiger partial charge in [0.05, 0.1) is 6.04 Å². The number of aromatic amines is 1. The Hall–Kier alpha value is -2.29. The lowest BCUT2D eigenvalue weighted by atomic mass is 9.91. The first-order chi connectivity index (χ1) is 10.3. The number of aromatic nitrogens is 1. The Balaban J connectivity index is 1.71. The average molecular weight is 280 g/mol. The Morgan fingerprint density at radius 3 is 2.71 bits per heavy atom. The molecule has 0 bridgehead atoms. The van der Waals surface area contributed by atoms with Crippen molar-refractivity contribution < 1.29 is 4.39 Å². The van der Waals surface area contributed by atoms with Crippen LogP contribution in [0.5, 0.6) is 0 Å². The highest BCUT2D eigenvalue weighted by Crippen LogP contribution is 2.36. The lowest BCUT2D eigenvalue weighted by molar-refractivity contribution is 0.592. The van der Waals surface area contributed by atoms with Gasteiger partial charge in [0.25, 0.3) is 0 Å². The molecule has 1 atom stereocenters. The third kappa shape index (κ3) is 2.19. The van der Waals surface area contributed by atoms with Crippen molar-refractivity contribution in [3.8, 4) is 0 Å². The molecular formula is C18H17FN2. The molecule has 0 radical (unpaired) electrons. The molecule has 2 aromatic carbocycles. The van der Waals surface area contributed by atoms with Crippen LogP contribution < -0.4 is 5.32 Å². The summed E-state index contributed by atoms with van der Waals surface area (Å²) in [7, 11) is 0. The molecule has 1 aliphatic rings. The van der Waals surface area contributed by atoms with Crippen LogP contribution in [0.25, 0.3) is 10.9 Å². The zero-order valence-corrected chi connectivity index (χ0v) is 11.7. The number of aryl methyl sites for hydroxylation is 1. The highest BCUT2D eigenvalue weighted by atomic mass is 19.1. The summed E-state index contributed by atoms with van der Waals surface area (Å²) in [5.74, 6) is -0.199. The maximum absolute atomic E-state index is 13.0. The van der Waals surface area contributed by atoms with Crippen molar-refractivity contribution in [2.75, 3.05) is 5.32 Å². The van der Waals surface area contributed by atoms with Gasteiger partial charge in [0.1, 0.15) is 5.82 Å². The van der Waals surface area contributed by atoms with Gasteiger partial charge < -0.3 is 10.3 Å². The Kier molecular flexibility index (Phi) is 2.92. The number of nitrogens with one attached hydrogen (secondary N) is 2. The second-order valence-electron chi connectivity index (χ2n) is 5.66. The molecular weight excluding hydrogens is 263 g/mol. The van der Waals surface area contributed by atoms with Crippen molar-refractivity contribution in [3.63, 3.8) is 0 Å². The molecule has 3 heteroatoms. The van der Waals surface area contributed by atoms with E-state index in [0.29, 0.717) is 0 Å². The topological polar surface area (TPSA) is 27.8 Å². The number of hydrogen-bond donors (Lipinski definition) is 2. The van der Waals surface area contributed by atoms with Gasteiger partial charge in [-0.3, -0.25) is 0 Å². The third-order valence-corrected chi connectivity index (χ3v) is 4.30. The summed E-state index contributed by atoms with van der Waals surface area (Å²) in [5, 5.41) is 4.86. The first-order valence-corrected chi connectivity index (χ1v) is 7.43. The number of halogens is 1. The fourth-order valence-corrected chi connectivity index (χ4v) is 3.31. The Labute approximate surface area is 123 Å². The van der Waals surface area contributed by atoms with Crippen LogP contribution in [-0.2, 0) is 6.42 Å². The molecule has 1 heterocycles. The number of para-hydroxylation sites is 1. The standard InChI is InChI=1S/C18H17FN2/c19-12-8-10-13(11-9-12)20-17-7-3-5-15-14-4-1-2-6-16(14)21-18(15)17/h1-2,4,6,8-11,17,20-21H,3,5,7H2. The van der Waals surface area contributed by atoms with E-state index in [2.05, 4.69) is 34.6 Å². The van der Waals surface area contributed by atoms with E-state index in [9.17, 15) is 4.39 Å². The summed E-state index contributed by atoms with van der Waals surface area (Å²) in [6.45, 7) is 0. The predicted molar refractivity (Wildman–Crippen MR) is 84.0 cm³/mol. The van der Waals surface area contributed by atoms with Crippen LogP contribution in [0.15, 0.2) is 48.5 Å². The van der Waals surface area contributed by atoms with Gasteiger partial charge in [0.15, 0.2) is 0 Å². The van der Waals surface area contributed by atoms with Gasteiger partial charge in [0, 0.05) is 22.3 Å².